The Balaban J connectivity index is 2.58. The minimum absolute atomic E-state index is 0.108. The third kappa shape index (κ3) is 4.20. The monoisotopic (exact) mass is 242 g/mol. The van der Waals surface area contributed by atoms with E-state index in [-0.39, 0.29) is 6.04 Å². The number of likely N-dealkylation sites (N-methyl/N-ethyl adjacent to an activating group) is 1. The third-order valence-corrected chi connectivity index (χ3v) is 3.16. The molecule has 0 radical (unpaired) electrons. The topological polar surface area (TPSA) is 49.4 Å². The van der Waals surface area contributed by atoms with Crippen LogP contribution in [0.4, 0.5) is 5.69 Å². The van der Waals surface area contributed by atoms with Crippen LogP contribution >= 0.6 is 0 Å². The molecule has 5 heteroatoms. The zero-order valence-corrected chi connectivity index (χ0v) is 10.7. The minimum Gasteiger partial charge on any atom is -0.371 e. The molecule has 0 bridgehead atoms. The average molecular weight is 242 g/mol. The van der Waals surface area contributed by atoms with Gasteiger partial charge in [-0.3, -0.25) is 0 Å². The Morgan fingerprint density at radius 1 is 1.31 bits per heavy atom. The summed E-state index contributed by atoms with van der Waals surface area (Å²) in [6.45, 7) is 2.38. The fraction of sp³-hybridized carbons (Fsp3) is 0.455. The molecule has 1 rings (SSSR count). The maximum absolute atomic E-state index is 11.0. The summed E-state index contributed by atoms with van der Waals surface area (Å²) in [6.07, 6.45) is 1.17. The summed E-state index contributed by atoms with van der Waals surface area (Å²) >= 11 is 0. The zero-order chi connectivity index (χ0) is 12.2. The first-order chi connectivity index (χ1) is 7.40. The van der Waals surface area contributed by atoms with E-state index in [9.17, 15) is 8.42 Å². The summed E-state index contributed by atoms with van der Waals surface area (Å²) in [5, 5.41) is 0. The highest BCUT2D eigenvalue weighted by Crippen LogP contribution is 2.13. The predicted molar refractivity (Wildman–Crippen MR) is 67.2 cm³/mol. The Morgan fingerprint density at radius 3 is 2.38 bits per heavy atom. The van der Waals surface area contributed by atoms with Crippen LogP contribution in [-0.2, 0) is 10.0 Å². The molecule has 0 heterocycles. The third-order valence-electron chi connectivity index (χ3n) is 2.47. The highest BCUT2D eigenvalue weighted by molar-refractivity contribution is 7.88. The number of nitrogens with one attached hydrogen (secondary N) is 1. The summed E-state index contributed by atoms with van der Waals surface area (Å²) < 4.78 is 24.4. The first-order valence-electron chi connectivity index (χ1n) is 5.12. The van der Waals surface area contributed by atoms with Crippen LogP contribution in [-0.4, -0.2) is 34.3 Å². The normalized spacial score (nSPS) is 13.4. The van der Waals surface area contributed by atoms with E-state index >= 15 is 0 Å². The van der Waals surface area contributed by atoms with Gasteiger partial charge in [-0.25, -0.2) is 13.1 Å². The van der Waals surface area contributed by atoms with E-state index < -0.39 is 10.0 Å². The lowest BCUT2D eigenvalue weighted by Gasteiger charge is -2.26. The molecular weight excluding hydrogens is 224 g/mol. The SMILES string of the molecule is C[C@H](CNS(C)(=O)=O)N(C)c1ccccc1. The Labute approximate surface area is 97.3 Å². The van der Waals surface area contributed by atoms with Crippen molar-refractivity contribution >= 4 is 15.7 Å². The van der Waals surface area contributed by atoms with Crippen molar-refractivity contribution in [2.45, 2.75) is 13.0 Å². The van der Waals surface area contributed by atoms with E-state index in [1.54, 1.807) is 0 Å². The van der Waals surface area contributed by atoms with Gasteiger partial charge in [0.05, 0.1) is 6.26 Å². The number of nitrogens with zero attached hydrogens (tertiary/aromatic N) is 1. The van der Waals surface area contributed by atoms with E-state index in [1.165, 1.54) is 6.26 Å². The van der Waals surface area contributed by atoms with Crippen LogP contribution in [0.1, 0.15) is 6.92 Å². The molecule has 1 N–H and O–H groups in total. The van der Waals surface area contributed by atoms with Crippen molar-refractivity contribution in [3.05, 3.63) is 30.3 Å². The fourth-order valence-corrected chi connectivity index (χ4v) is 1.87. The van der Waals surface area contributed by atoms with E-state index in [1.807, 2.05) is 49.2 Å². The number of benzene rings is 1. The van der Waals surface area contributed by atoms with Crippen LogP contribution in [0.5, 0.6) is 0 Å². The van der Waals surface area contributed by atoms with Gasteiger partial charge in [0.25, 0.3) is 0 Å². The van der Waals surface area contributed by atoms with Gasteiger partial charge in [0.15, 0.2) is 0 Å². The molecule has 0 unspecified atom stereocenters. The van der Waals surface area contributed by atoms with Gasteiger partial charge in [0, 0.05) is 25.3 Å². The lowest BCUT2D eigenvalue weighted by atomic mass is 10.2. The van der Waals surface area contributed by atoms with Gasteiger partial charge < -0.3 is 4.90 Å². The Bertz CT molecular complexity index is 417. The number of hydrogen-bond acceptors (Lipinski definition) is 3. The van der Waals surface area contributed by atoms with E-state index in [4.69, 9.17) is 0 Å². The quantitative estimate of drug-likeness (QED) is 0.840. The van der Waals surface area contributed by atoms with Gasteiger partial charge in [0.1, 0.15) is 0 Å². The Morgan fingerprint density at radius 2 is 1.88 bits per heavy atom. The van der Waals surface area contributed by atoms with Gasteiger partial charge in [-0.05, 0) is 19.1 Å². The molecule has 90 valence electrons. The van der Waals surface area contributed by atoms with Crippen LogP contribution in [0.3, 0.4) is 0 Å². The van der Waals surface area contributed by atoms with Gasteiger partial charge >= 0.3 is 0 Å². The second-order valence-electron chi connectivity index (χ2n) is 3.92. The van der Waals surface area contributed by atoms with Gasteiger partial charge in [-0.15, -0.1) is 0 Å². The van der Waals surface area contributed by atoms with E-state index in [0.29, 0.717) is 6.54 Å². The number of hydrogen-bond donors (Lipinski definition) is 1. The maximum Gasteiger partial charge on any atom is 0.208 e. The van der Waals surface area contributed by atoms with Crippen LogP contribution in [0.25, 0.3) is 0 Å². The molecule has 16 heavy (non-hydrogen) atoms. The van der Waals surface area contributed by atoms with Crippen molar-refractivity contribution < 1.29 is 8.42 Å². The standard InChI is InChI=1S/C11H18N2O2S/c1-10(9-12-16(3,14)15)13(2)11-7-5-4-6-8-11/h4-8,10,12H,9H2,1-3H3/t10-/m1/s1. The van der Waals surface area contributed by atoms with Crippen molar-refractivity contribution in [3.63, 3.8) is 0 Å². The highest BCUT2D eigenvalue weighted by Gasteiger charge is 2.11. The number of anilines is 1. The number of sulfonamides is 1. The molecule has 0 saturated heterocycles. The Kier molecular flexibility index (Phi) is 4.32. The molecule has 4 nitrogen and oxygen atoms in total. The molecule has 1 aromatic rings. The number of para-hydroxylation sites is 1. The zero-order valence-electron chi connectivity index (χ0n) is 9.84. The van der Waals surface area contributed by atoms with Crippen molar-refractivity contribution in [1.29, 1.82) is 0 Å². The number of rotatable bonds is 5. The van der Waals surface area contributed by atoms with Crippen LogP contribution in [0.2, 0.25) is 0 Å². The summed E-state index contributed by atoms with van der Waals surface area (Å²) in [6, 6.07) is 9.98. The van der Waals surface area contributed by atoms with Crippen molar-refractivity contribution in [1.82, 2.24) is 4.72 Å². The first-order valence-corrected chi connectivity index (χ1v) is 7.02. The lowest BCUT2D eigenvalue weighted by Crippen LogP contribution is -2.39. The molecule has 0 spiro atoms. The molecular formula is C11H18N2O2S. The van der Waals surface area contributed by atoms with Crippen molar-refractivity contribution in [3.8, 4) is 0 Å². The van der Waals surface area contributed by atoms with Gasteiger partial charge in [0.2, 0.25) is 10.0 Å². The molecule has 0 aliphatic rings. The van der Waals surface area contributed by atoms with Crippen molar-refractivity contribution in [2.75, 3.05) is 24.7 Å². The summed E-state index contributed by atoms with van der Waals surface area (Å²) in [4.78, 5) is 2.04. The molecule has 0 aromatic heterocycles. The molecule has 1 aromatic carbocycles. The first kappa shape index (κ1) is 13.0. The Hall–Kier alpha value is -1.07. The molecule has 0 aliphatic heterocycles. The summed E-state index contributed by atoms with van der Waals surface area (Å²) in [7, 11) is -1.16. The molecule has 0 amide bonds. The average Bonchev–Trinajstić information content (AvgIpc) is 2.25. The lowest BCUT2D eigenvalue weighted by molar-refractivity contribution is 0.576. The molecule has 0 aliphatic carbocycles. The van der Waals surface area contributed by atoms with Crippen LogP contribution in [0.15, 0.2) is 30.3 Å². The highest BCUT2D eigenvalue weighted by atomic mass is 32.2. The minimum atomic E-state index is -3.11. The summed E-state index contributed by atoms with van der Waals surface area (Å²) in [5.74, 6) is 0. The molecule has 0 fully saturated rings. The van der Waals surface area contributed by atoms with Crippen LogP contribution < -0.4 is 9.62 Å². The second kappa shape index (κ2) is 5.32. The van der Waals surface area contributed by atoms with Crippen molar-refractivity contribution in [2.24, 2.45) is 0 Å². The largest absolute Gasteiger partial charge is 0.371 e. The molecule has 0 saturated carbocycles. The van der Waals surface area contributed by atoms with Gasteiger partial charge in [-0.2, -0.15) is 0 Å². The fourth-order valence-electron chi connectivity index (χ4n) is 1.33. The smallest absolute Gasteiger partial charge is 0.208 e. The summed E-state index contributed by atoms with van der Waals surface area (Å²) in [5.41, 5.74) is 1.07. The second-order valence-corrected chi connectivity index (χ2v) is 5.75. The molecule has 1 atom stereocenters. The maximum atomic E-state index is 11.0. The predicted octanol–water partition coefficient (Wildman–Crippen LogP) is 1.06. The van der Waals surface area contributed by atoms with Crippen LogP contribution in [0, 0.1) is 0 Å². The van der Waals surface area contributed by atoms with E-state index in [0.717, 1.165) is 5.69 Å². The van der Waals surface area contributed by atoms with E-state index in [2.05, 4.69) is 4.72 Å². The van der Waals surface area contributed by atoms with Gasteiger partial charge in [-0.1, -0.05) is 18.2 Å².